The van der Waals surface area contributed by atoms with Crippen LogP contribution in [0.3, 0.4) is 0 Å². The second kappa shape index (κ2) is 8.00. The van der Waals surface area contributed by atoms with Gasteiger partial charge in [0.15, 0.2) is 0 Å². The summed E-state index contributed by atoms with van der Waals surface area (Å²) in [5.41, 5.74) is 2.29. The summed E-state index contributed by atoms with van der Waals surface area (Å²) >= 11 is 0. The standard InChI is InChI=1S/C23H28N4O4/c1-30-17-4-2-3-16(15-17)21(29)26-9-7-23(8-10-26)6-5-18-19(23)24-22(25-20(18)28)27-11-13-31-14-12-27/h2-4,15H,5-14H2,1H3,(H,24,25,28). The van der Waals surface area contributed by atoms with Gasteiger partial charge in [-0.1, -0.05) is 6.07 Å². The predicted octanol–water partition coefficient (Wildman–Crippen LogP) is 1.74. The highest BCUT2D eigenvalue weighted by Crippen LogP contribution is 2.44. The second-order valence-corrected chi connectivity index (χ2v) is 8.62. The molecule has 0 saturated carbocycles. The number of nitrogens with one attached hydrogen (secondary N) is 1. The molecule has 3 aliphatic rings. The lowest BCUT2D eigenvalue weighted by molar-refractivity contribution is 0.0663. The van der Waals surface area contributed by atoms with E-state index < -0.39 is 0 Å². The summed E-state index contributed by atoms with van der Waals surface area (Å²) in [6.45, 7) is 4.09. The Balaban J connectivity index is 1.36. The maximum absolute atomic E-state index is 13.0. The highest BCUT2D eigenvalue weighted by molar-refractivity contribution is 5.94. The minimum atomic E-state index is -0.115. The van der Waals surface area contributed by atoms with Crippen molar-refractivity contribution < 1.29 is 14.3 Å². The number of H-pyrrole nitrogens is 1. The number of ether oxygens (including phenoxy) is 2. The molecule has 0 bridgehead atoms. The van der Waals surface area contributed by atoms with Crippen LogP contribution in [-0.2, 0) is 16.6 Å². The average molecular weight is 425 g/mol. The first kappa shape index (κ1) is 20.1. The molecule has 0 atom stereocenters. The van der Waals surface area contributed by atoms with Gasteiger partial charge in [0.05, 0.1) is 26.0 Å². The van der Waals surface area contributed by atoms with Crippen molar-refractivity contribution in [3.8, 4) is 5.75 Å². The normalized spacial score (nSPS) is 20.0. The van der Waals surface area contributed by atoms with Gasteiger partial charge >= 0.3 is 0 Å². The molecular weight excluding hydrogens is 396 g/mol. The molecule has 2 aliphatic heterocycles. The molecule has 1 aliphatic carbocycles. The summed E-state index contributed by atoms with van der Waals surface area (Å²) in [6.07, 6.45) is 3.33. The number of rotatable bonds is 3. The molecule has 0 unspecified atom stereocenters. The van der Waals surface area contributed by atoms with Crippen LogP contribution in [0.5, 0.6) is 5.75 Å². The van der Waals surface area contributed by atoms with Crippen molar-refractivity contribution in [2.75, 3.05) is 51.4 Å². The molecular formula is C23H28N4O4. The average Bonchev–Trinajstić information content (AvgIpc) is 3.18. The van der Waals surface area contributed by atoms with Crippen molar-refractivity contribution in [2.45, 2.75) is 31.1 Å². The van der Waals surface area contributed by atoms with E-state index in [9.17, 15) is 9.59 Å². The molecule has 8 nitrogen and oxygen atoms in total. The van der Waals surface area contributed by atoms with Crippen molar-refractivity contribution in [1.82, 2.24) is 14.9 Å². The summed E-state index contributed by atoms with van der Waals surface area (Å²) in [4.78, 5) is 37.8. The van der Waals surface area contributed by atoms with Crippen LogP contribution in [-0.4, -0.2) is 67.3 Å². The topological polar surface area (TPSA) is 87.8 Å². The molecule has 2 saturated heterocycles. The van der Waals surface area contributed by atoms with Crippen molar-refractivity contribution in [3.63, 3.8) is 0 Å². The number of aromatic nitrogens is 2. The Morgan fingerprint density at radius 3 is 2.68 bits per heavy atom. The van der Waals surface area contributed by atoms with Gasteiger partial charge in [0.25, 0.3) is 11.5 Å². The third-order valence-electron chi connectivity index (χ3n) is 6.99. The van der Waals surface area contributed by atoms with Crippen molar-refractivity contribution in [3.05, 3.63) is 51.4 Å². The molecule has 1 spiro atoms. The zero-order valence-electron chi connectivity index (χ0n) is 17.9. The van der Waals surface area contributed by atoms with Crippen LogP contribution >= 0.6 is 0 Å². The first-order chi connectivity index (χ1) is 15.1. The van der Waals surface area contributed by atoms with E-state index in [2.05, 4.69) is 9.88 Å². The van der Waals surface area contributed by atoms with Crippen molar-refractivity contribution >= 4 is 11.9 Å². The van der Waals surface area contributed by atoms with Gasteiger partial charge in [-0.25, -0.2) is 4.98 Å². The molecule has 0 radical (unpaired) electrons. The summed E-state index contributed by atoms with van der Waals surface area (Å²) in [7, 11) is 1.60. The largest absolute Gasteiger partial charge is 0.497 e. The molecule has 31 heavy (non-hydrogen) atoms. The lowest BCUT2D eigenvalue weighted by atomic mass is 9.76. The highest BCUT2D eigenvalue weighted by atomic mass is 16.5. The SMILES string of the molecule is COc1cccc(C(=O)N2CCC3(CCc4c3nc(N3CCOCC3)[nH]c4=O)CC2)c1. The van der Waals surface area contributed by atoms with Crippen LogP contribution in [0.15, 0.2) is 29.1 Å². The predicted molar refractivity (Wildman–Crippen MR) is 116 cm³/mol. The Morgan fingerprint density at radius 2 is 1.94 bits per heavy atom. The maximum Gasteiger partial charge on any atom is 0.255 e. The number of nitrogens with zero attached hydrogens (tertiary/aromatic N) is 3. The van der Waals surface area contributed by atoms with Gasteiger partial charge in [0.1, 0.15) is 5.75 Å². The number of benzene rings is 1. The van der Waals surface area contributed by atoms with E-state index in [1.165, 1.54) is 0 Å². The van der Waals surface area contributed by atoms with E-state index >= 15 is 0 Å². The minimum Gasteiger partial charge on any atom is -0.497 e. The number of aromatic amines is 1. The summed E-state index contributed by atoms with van der Waals surface area (Å²) in [6, 6.07) is 7.30. The zero-order valence-corrected chi connectivity index (χ0v) is 17.9. The first-order valence-electron chi connectivity index (χ1n) is 11.0. The molecule has 1 aromatic heterocycles. The molecule has 5 rings (SSSR count). The number of hydrogen-bond donors (Lipinski definition) is 1. The number of piperidine rings is 1. The van der Waals surface area contributed by atoms with Gasteiger partial charge < -0.3 is 19.3 Å². The Hall–Kier alpha value is -2.87. The number of hydrogen-bond acceptors (Lipinski definition) is 6. The van der Waals surface area contributed by atoms with Crippen LogP contribution in [0.25, 0.3) is 0 Å². The monoisotopic (exact) mass is 424 g/mol. The fourth-order valence-corrected chi connectivity index (χ4v) is 5.13. The van der Waals surface area contributed by atoms with E-state index in [-0.39, 0.29) is 16.9 Å². The van der Waals surface area contributed by atoms with Gasteiger partial charge in [0, 0.05) is 42.7 Å². The minimum absolute atomic E-state index is 0.0155. The van der Waals surface area contributed by atoms with Gasteiger partial charge in [-0.05, 0) is 43.9 Å². The van der Waals surface area contributed by atoms with Crippen LogP contribution < -0.4 is 15.2 Å². The molecule has 1 aromatic carbocycles. The first-order valence-corrected chi connectivity index (χ1v) is 11.0. The summed E-state index contributed by atoms with van der Waals surface area (Å²) in [5.74, 6) is 1.37. The van der Waals surface area contributed by atoms with Crippen LogP contribution in [0.4, 0.5) is 5.95 Å². The van der Waals surface area contributed by atoms with Gasteiger partial charge in [-0.2, -0.15) is 0 Å². The third-order valence-corrected chi connectivity index (χ3v) is 6.99. The Kier molecular flexibility index (Phi) is 5.17. The molecule has 164 valence electrons. The zero-order chi connectivity index (χ0) is 21.4. The maximum atomic E-state index is 13.0. The fourth-order valence-electron chi connectivity index (χ4n) is 5.13. The molecule has 2 fully saturated rings. The smallest absolute Gasteiger partial charge is 0.255 e. The Labute approximate surface area is 181 Å². The number of likely N-dealkylation sites (tertiary alicyclic amines) is 1. The van der Waals surface area contributed by atoms with E-state index in [0.29, 0.717) is 43.6 Å². The fraction of sp³-hybridized carbons (Fsp3) is 0.522. The highest BCUT2D eigenvalue weighted by Gasteiger charge is 2.45. The summed E-state index contributed by atoms with van der Waals surface area (Å²) < 4.78 is 10.7. The second-order valence-electron chi connectivity index (χ2n) is 8.62. The lowest BCUT2D eigenvalue weighted by Gasteiger charge is -2.39. The molecule has 1 N–H and O–H groups in total. The molecule has 8 heteroatoms. The lowest BCUT2D eigenvalue weighted by Crippen LogP contribution is -2.45. The van der Waals surface area contributed by atoms with E-state index in [0.717, 1.165) is 50.0 Å². The number of fused-ring (bicyclic) bond motifs is 2. The van der Waals surface area contributed by atoms with Crippen molar-refractivity contribution in [1.29, 1.82) is 0 Å². The summed E-state index contributed by atoms with van der Waals surface area (Å²) in [5, 5.41) is 0. The number of anilines is 1. The quantitative estimate of drug-likeness (QED) is 0.808. The Morgan fingerprint density at radius 1 is 1.16 bits per heavy atom. The van der Waals surface area contributed by atoms with Gasteiger partial charge in [-0.15, -0.1) is 0 Å². The molecule has 1 amide bonds. The van der Waals surface area contributed by atoms with E-state index in [1.54, 1.807) is 13.2 Å². The van der Waals surface area contributed by atoms with Crippen molar-refractivity contribution in [2.24, 2.45) is 0 Å². The van der Waals surface area contributed by atoms with E-state index in [1.807, 2.05) is 23.1 Å². The van der Waals surface area contributed by atoms with Crippen LogP contribution in [0.2, 0.25) is 0 Å². The Bertz CT molecular complexity index is 1040. The number of morpholine rings is 1. The number of methoxy groups -OCH3 is 1. The third kappa shape index (κ3) is 3.59. The number of carbonyl (C=O) groups is 1. The van der Waals surface area contributed by atoms with Gasteiger partial charge in [-0.3, -0.25) is 14.6 Å². The van der Waals surface area contributed by atoms with Gasteiger partial charge in [0.2, 0.25) is 5.95 Å². The van der Waals surface area contributed by atoms with Crippen LogP contribution in [0, 0.1) is 0 Å². The molecule has 2 aromatic rings. The van der Waals surface area contributed by atoms with E-state index in [4.69, 9.17) is 14.5 Å². The number of amides is 1. The molecule has 3 heterocycles. The van der Waals surface area contributed by atoms with Crippen LogP contribution in [0.1, 0.15) is 40.9 Å². The number of carbonyl (C=O) groups excluding carboxylic acids is 1.